The Labute approximate surface area is 149 Å². The van der Waals surface area contributed by atoms with Crippen LogP contribution in [0.1, 0.15) is 12.8 Å². The molecule has 1 N–H and O–H groups in total. The summed E-state index contributed by atoms with van der Waals surface area (Å²) < 4.78 is 26.8. The van der Waals surface area contributed by atoms with Gasteiger partial charge in [-0.3, -0.25) is 4.79 Å². The van der Waals surface area contributed by atoms with Crippen LogP contribution in [0.15, 0.2) is 40.7 Å². The molecule has 1 aliphatic rings. The number of aromatic nitrogens is 1. The second-order valence-corrected chi connectivity index (χ2v) is 8.75. The van der Waals surface area contributed by atoms with Gasteiger partial charge in [-0.2, -0.15) is 4.31 Å². The Hall–Kier alpha value is -1.48. The summed E-state index contributed by atoms with van der Waals surface area (Å²) in [6.07, 6.45) is 2.91. The lowest BCUT2D eigenvalue weighted by atomic mass is 9.99. The Kier molecular flexibility index (Phi) is 5.19. The van der Waals surface area contributed by atoms with Gasteiger partial charge < -0.3 is 5.32 Å². The maximum atomic E-state index is 12.7. The molecule has 1 atom stereocenters. The maximum absolute atomic E-state index is 12.7. The van der Waals surface area contributed by atoms with Gasteiger partial charge in [-0.05, 0) is 37.1 Å². The molecule has 1 aliphatic heterocycles. The second kappa shape index (κ2) is 7.18. The fraction of sp³-hybridized carbons (Fsp3) is 0.333. The standard InChI is InChI=1S/C15H16ClN3O3S2/c16-12-3-5-13(6-4-12)24(21,22)19-8-1-2-11(10-19)14(20)18-15-17-7-9-23-15/h3-7,9,11H,1-2,8,10H2,(H,17,18,20). The zero-order valence-corrected chi connectivity index (χ0v) is 15.1. The highest BCUT2D eigenvalue weighted by atomic mass is 35.5. The number of thiazole rings is 1. The average molecular weight is 386 g/mol. The second-order valence-electron chi connectivity index (χ2n) is 5.48. The highest BCUT2D eigenvalue weighted by molar-refractivity contribution is 7.89. The molecule has 6 nitrogen and oxygen atoms in total. The minimum absolute atomic E-state index is 0.169. The van der Waals surface area contributed by atoms with Gasteiger partial charge in [-0.1, -0.05) is 11.6 Å². The molecule has 0 spiro atoms. The summed E-state index contributed by atoms with van der Waals surface area (Å²) in [6.45, 7) is 0.578. The Morgan fingerprint density at radius 2 is 2.08 bits per heavy atom. The molecule has 2 aromatic rings. The number of benzene rings is 1. The molecule has 0 aliphatic carbocycles. The SMILES string of the molecule is O=C(Nc1nccs1)C1CCCN(S(=O)(=O)c2ccc(Cl)cc2)C1. The summed E-state index contributed by atoms with van der Waals surface area (Å²) in [4.78, 5) is 16.5. The molecule has 128 valence electrons. The van der Waals surface area contributed by atoms with Crippen LogP contribution in [0.5, 0.6) is 0 Å². The molecule has 1 unspecified atom stereocenters. The summed E-state index contributed by atoms with van der Waals surface area (Å²) >= 11 is 7.15. The summed E-state index contributed by atoms with van der Waals surface area (Å²) in [6, 6.07) is 6.06. The molecule has 1 fully saturated rings. The van der Waals surface area contributed by atoms with Crippen LogP contribution in [0, 0.1) is 5.92 Å². The third-order valence-corrected chi connectivity index (χ3v) is 6.69. The van der Waals surface area contributed by atoms with E-state index in [1.54, 1.807) is 23.7 Å². The number of amides is 1. The highest BCUT2D eigenvalue weighted by Gasteiger charge is 2.33. The van der Waals surface area contributed by atoms with Gasteiger partial charge in [0.25, 0.3) is 0 Å². The van der Waals surface area contributed by atoms with Crippen molar-refractivity contribution < 1.29 is 13.2 Å². The number of hydrogen-bond donors (Lipinski definition) is 1. The number of rotatable bonds is 4. The van der Waals surface area contributed by atoms with Crippen molar-refractivity contribution in [2.24, 2.45) is 5.92 Å². The lowest BCUT2D eigenvalue weighted by molar-refractivity contribution is -0.120. The van der Waals surface area contributed by atoms with E-state index in [0.717, 1.165) is 0 Å². The predicted octanol–water partition coefficient (Wildman–Crippen LogP) is 2.84. The van der Waals surface area contributed by atoms with Crippen molar-refractivity contribution in [1.82, 2.24) is 9.29 Å². The monoisotopic (exact) mass is 385 g/mol. The maximum Gasteiger partial charge on any atom is 0.243 e. The minimum Gasteiger partial charge on any atom is -0.302 e. The van der Waals surface area contributed by atoms with Crippen molar-refractivity contribution in [2.75, 3.05) is 18.4 Å². The van der Waals surface area contributed by atoms with Crippen molar-refractivity contribution >= 4 is 44.0 Å². The van der Waals surface area contributed by atoms with E-state index in [-0.39, 0.29) is 23.3 Å². The van der Waals surface area contributed by atoms with Gasteiger partial charge >= 0.3 is 0 Å². The molecule has 1 aromatic carbocycles. The van der Waals surface area contributed by atoms with Gasteiger partial charge in [0.15, 0.2) is 5.13 Å². The van der Waals surface area contributed by atoms with Crippen molar-refractivity contribution in [3.8, 4) is 0 Å². The average Bonchev–Trinajstić information content (AvgIpc) is 3.08. The number of nitrogens with one attached hydrogen (secondary N) is 1. The lowest BCUT2D eigenvalue weighted by Gasteiger charge is -2.31. The molecule has 1 aromatic heterocycles. The fourth-order valence-corrected chi connectivity index (χ4v) is 4.80. The van der Waals surface area contributed by atoms with Gasteiger partial charge in [0.2, 0.25) is 15.9 Å². The fourth-order valence-electron chi connectivity index (χ4n) is 2.62. The van der Waals surface area contributed by atoms with Gasteiger partial charge in [-0.25, -0.2) is 13.4 Å². The largest absolute Gasteiger partial charge is 0.302 e. The molecule has 0 bridgehead atoms. The number of carbonyl (C=O) groups excluding carboxylic acids is 1. The Balaban J connectivity index is 1.72. The van der Waals surface area contributed by atoms with Crippen molar-refractivity contribution in [2.45, 2.75) is 17.7 Å². The minimum atomic E-state index is -3.63. The molecule has 0 radical (unpaired) electrons. The van der Waals surface area contributed by atoms with Crippen LogP contribution in [0.25, 0.3) is 0 Å². The number of anilines is 1. The van der Waals surface area contributed by atoms with Crippen LogP contribution in [0.2, 0.25) is 5.02 Å². The first-order valence-corrected chi connectivity index (χ1v) is 10.1. The first kappa shape index (κ1) is 17.3. The number of piperidine rings is 1. The smallest absolute Gasteiger partial charge is 0.243 e. The van der Waals surface area contributed by atoms with Crippen molar-refractivity contribution in [3.63, 3.8) is 0 Å². The van der Waals surface area contributed by atoms with E-state index in [4.69, 9.17) is 11.6 Å². The highest BCUT2D eigenvalue weighted by Crippen LogP contribution is 2.25. The zero-order chi connectivity index (χ0) is 17.2. The first-order valence-electron chi connectivity index (χ1n) is 7.43. The van der Waals surface area contributed by atoms with Gasteiger partial charge in [0, 0.05) is 29.7 Å². The Bertz CT molecular complexity index is 807. The summed E-state index contributed by atoms with van der Waals surface area (Å²) in [5, 5.41) is 5.52. The van der Waals surface area contributed by atoms with E-state index >= 15 is 0 Å². The summed E-state index contributed by atoms with van der Waals surface area (Å²) in [5.74, 6) is -0.578. The van der Waals surface area contributed by atoms with Crippen LogP contribution in [0.3, 0.4) is 0 Å². The van der Waals surface area contributed by atoms with Crippen LogP contribution < -0.4 is 5.32 Å². The van der Waals surface area contributed by atoms with Crippen molar-refractivity contribution in [3.05, 3.63) is 40.9 Å². The van der Waals surface area contributed by atoms with Crippen molar-refractivity contribution in [1.29, 1.82) is 0 Å². The molecule has 24 heavy (non-hydrogen) atoms. The van der Waals surface area contributed by atoms with Crippen LogP contribution >= 0.6 is 22.9 Å². The number of sulfonamides is 1. The molecule has 9 heteroatoms. The van der Waals surface area contributed by atoms with Gasteiger partial charge in [-0.15, -0.1) is 11.3 Å². The topological polar surface area (TPSA) is 79.4 Å². The summed E-state index contributed by atoms with van der Waals surface area (Å²) in [7, 11) is -3.63. The molecular formula is C15H16ClN3O3S2. The molecular weight excluding hydrogens is 370 g/mol. The van der Waals surface area contributed by atoms with Crippen LogP contribution in [-0.4, -0.2) is 36.7 Å². The normalized spacial score (nSPS) is 19.1. The lowest BCUT2D eigenvalue weighted by Crippen LogP contribution is -2.43. The van der Waals surface area contributed by atoms with E-state index in [1.807, 2.05) is 0 Å². The van der Waals surface area contributed by atoms with E-state index in [9.17, 15) is 13.2 Å². The van der Waals surface area contributed by atoms with E-state index in [0.29, 0.717) is 29.5 Å². The third-order valence-electron chi connectivity index (χ3n) is 3.87. The molecule has 2 heterocycles. The number of halogens is 1. The van der Waals surface area contributed by atoms with E-state index in [2.05, 4.69) is 10.3 Å². The Morgan fingerprint density at radius 3 is 2.75 bits per heavy atom. The van der Waals surface area contributed by atoms with Crippen LogP contribution in [0.4, 0.5) is 5.13 Å². The summed E-state index contributed by atoms with van der Waals surface area (Å²) in [5.41, 5.74) is 0. The van der Waals surface area contributed by atoms with E-state index < -0.39 is 10.0 Å². The molecule has 3 rings (SSSR count). The first-order chi connectivity index (χ1) is 11.5. The zero-order valence-electron chi connectivity index (χ0n) is 12.7. The number of hydrogen-bond acceptors (Lipinski definition) is 5. The van der Waals surface area contributed by atoms with Gasteiger partial charge in [0.05, 0.1) is 10.8 Å². The number of nitrogens with zero attached hydrogens (tertiary/aromatic N) is 2. The van der Waals surface area contributed by atoms with E-state index in [1.165, 1.54) is 27.8 Å². The third kappa shape index (κ3) is 3.77. The molecule has 0 saturated carbocycles. The Morgan fingerprint density at radius 1 is 1.33 bits per heavy atom. The number of carbonyl (C=O) groups is 1. The van der Waals surface area contributed by atoms with Crippen LogP contribution in [-0.2, 0) is 14.8 Å². The molecule has 1 saturated heterocycles. The molecule has 1 amide bonds. The quantitative estimate of drug-likeness (QED) is 0.877. The van der Waals surface area contributed by atoms with Gasteiger partial charge in [0.1, 0.15) is 0 Å². The predicted molar refractivity (Wildman–Crippen MR) is 93.7 cm³/mol.